The predicted octanol–water partition coefficient (Wildman–Crippen LogP) is 2.38. The van der Waals surface area contributed by atoms with Gasteiger partial charge in [0, 0.05) is 19.6 Å². The zero-order valence-corrected chi connectivity index (χ0v) is 12.2. The molecule has 0 aromatic rings. The van der Waals surface area contributed by atoms with Gasteiger partial charge in [-0.15, -0.1) is 0 Å². The minimum absolute atomic E-state index is 0.0592. The van der Waals surface area contributed by atoms with Gasteiger partial charge >= 0.3 is 12.0 Å². The van der Waals surface area contributed by atoms with Crippen LogP contribution < -0.4 is 5.32 Å². The quantitative estimate of drug-likeness (QED) is 0.777. The second-order valence-electron chi connectivity index (χ2n) is 6.09. The van der Waals surface area contributed by atoms with Crippen molar-refractivity contribution in [2.24, 2.45) is 5.41 Å². The molecule has 0 aromatic heterocycles. The SMILES string of the molecule is CC1(C(=O)O)CCN(C(=O)NCCC2=CCCC2)CC1. The van der Waals surface area contributed by atoms with Crippen LogP contribution in [0.3, 0.4) is 0 Å². The molecule has 2 rings (SSSR count). The van der Waals surface area contributed by atoms with Crippen molar-refractivity contribution in [3.05, 3.63) is 11.6 Å². The highest BCUT2D eigenvalue weighted by molar-refractivity contribution is 5.76. The smallest absolute Gasteiger partial charge is 0.317 e. The van der Waals surface area contributed by atoms with Gasteiger partial charge in [-0.3, -0.25) is 4.79 Å². The monoisotopic (exact) mass is 280 g/mol. The summed E-state index contributed by atoms with van der Waals surface area (Å²) in [4.78, 5) is 24.9. The van der Waals surface area contributed by atoms with Gasteiger partial charge in [0.15, 0.2) is 0 Å². The molecule has 0 spiro atoms. The summed E-state index contributed by atoms with van der Waals surface area (Å²) < 4.78 is 0. The maximum absolute atomic E-state index is 12.0. The highest BCUT2D eigenvalue weighted by atomic mass is 16.4. The average molecular weight is 280 g/mol. The Morgan fingerprint density at radius 3 is 2.65 bits per heavy atom. The number of piperidine rings is 1. The van der Waals surface area contributed by atoms with Gasteiger partial charge in [0.25, 0.3) is 0 Å². The Kier molecular flexibility index (Phi) is 4.68. The van der Waals surface area contributed by atoms with Crippen molar-refractivity contribution in [1.82, 2.24) is 10.2 Å². The maximum Gasteiger partial charge on any atom is 0.317 e. The molecule has 112 valence electrons. The highest BCUT2D eigenvalue weighted by Gasteiger charge is 2.37. The number of urea groups is 1. The van der Waals surface area contributed by atoms with Crippen LogP contribution in [0.1, 0.15) is 45.4 Å². The zero-order valence-electron chi connectivity index (χ0n) is 12.2. The first-order valence-corrected chi connectivity index (χ1v) is 7.45. The number of hydrogen-bond donors (Lipinski definition) is 2. The first kappa shape index (κ1) is 14.9. The van der Waals surface area contributed by atoms with E-state index < -0.39 is 11.4 Å². The molecule has 0 unspecified atom stereocenters. The molecule has 0 bridgehead atoms. The number of likely N-dealkylation sites (tertiary alicyclic amines) is 1. The van der Waals surface area contributed by atoms with E-state index in [1.165, 1.54) is 18.4 Å². The van der Waals surface area contributed by atoms with E-state index in [2.05, 4.69) is 11.4 Å². The number of carbonyl (C=O) groups excluding carboxylic acids is 1. The highest BCUT2D eigenvalue weighted by Crippen LogP contribution is 2.30. The van der Waals surface area contributed by atoms with Gasteiger partial charge in [-0.1, -0.05) is 11.6 Å². The number of carbonyl (C=O) groups is 2. The van der Waals surface area contributed by atoms with Crippen LogP contribution >= 0.6 is 0 Å². The average Bonchev–Trinajstić information content (AvgIpc) is 2.92. The van der Waals surface area contributed by atoms with Crippen molar-refractivity contribution in [2.45, 2.75) is 45.4 Å². The van der Waals surface area contributed by atoms with Crippen LogP contribution in [0.2, 0.25) is 0 Å². The minimum atomic E-state index is -0.759. The largest absolute Gasteiger partial charge is 0.481 e. The van der Waals surface area contributed by atoms with E-state index in [0.717, 1.165) is 12.8 Å². The normalized spacial score (nSPS) is 21.4. The molecule has 2 aliphatic rings. The third-order valence-electron chi connectivity index (χ3n) is 4.53. The van der Waals surface area contributed by atoms with Crippen LogP contribution in [-0.2, 0) is 4.79 Å². The third-order valence-corrected chi connectivity index (χ3v) is 4.53. The molecule has 5 nitrogen and oxygen atoms in total. The van der Waals surface area contributed by atoms with Gasteiger partial charge in [0.05, 0.1) is 5.41 Å². The van der Waals surface area contributed by atoms with Gasteiger partial charge in [0.1, 0.15) is 0 Å². The van der Waals surface area contributed by atoms with E-state index in [9.17, 15) is 9.59 Å². The molecule has 5 heteroatoms. The summed E-state index contributed by atoms with van der Waals surface area (Å²) in [5.41, 5.74) is 0.772. The van der Waals surface area contributed by atoms with Crippen molar-refractivity contribution in [1.29, 1.82) is 0 Å². The van der Waals surface area contributed by atoms with Gasteiger partial charge in [-0.25, -0.2) is 4.79 Å². The number of amides is 2. The number of carboxylic acid groups (broad SMARTS) is 1. The molecule has 0 saturated carbocycles. The van der Waals surface area contributed by atoms with E-state index in [0.29, 0.717) is 32.5 Å². The molecule has 1 aliphatic carbocycles. The molecule has 1 fully saturated rings. The molecule has 0 aromatic carbocycles. The molecule has 1 saturated heterocycles. The topological polar surface area (TPSA) is 69.6 Å². The van der Waals surface area contributed by atoms with Crippen molar-refractivity contribution >= 4 is 12.0 Å². The van der Waals surface area contributed by atoms with E-state index in [4.69, 9.17) is 5.11 Å². The number of nitrogens with zero attached hydrogens (tertiary/aromatic N) is 1. The number of carboxylic acids is 1. The molecule has 0 radical (unpaired) electrons. The number of allylic oxidation sites excluding steroid dienone is 1. The van der Waals surface area contributed by atoms with Crippen LogP contribution in [0.15, 0.2) is 11.6 Å². The molecule has 0 atom stereocenters. The Morgan fingerprint density at radius 1 is 1.40 bits per heavy atom. The molecular weight excluding hydrogens is 256 g/mol. The van der Waals surface area contributed by atoms with Gasteiger partial charge in [-0.2, -0.15) is 0 Å². The Labute approximate surface area is 120 Å². The number of nitrogens with one attached hydrogen (secondary N) is 1. The fraction of sp³-hybridized carbons (Fsp3) is 0.733. The Hall–Kier alpha value is -1.52. The Balaban J connectivity index is 1.70. The van der Waals surface area contributed by atoms with Crippen molar-refractivity contribution < 1.29 is 14.7 Å². The van der Waals surface area contributed by atoms with Crippen LogP contribution in [0.25, 0.3) is 0 Å². The van der Waals surface area contributed by atoms with Gasteiger partial charge in [-0.05, 0) is 45.4 Å². The maximum atomic E-state index is 12.0. The van der Waals surface area contributed by atoms with Crippen LogP contribution in [0.4, 0.5) is 4.79 Å². The van der Waals surface area contributed by atoms with Crippen molar-refractivity contribution in [3.63, 3.8) is 0 Å². The lowest BCUT2D eigenvalue weighted by atomic mass is 9.80. The van der Waals surface area contributed by atoms with Crippen LogP contribution in [0, 0.1) is 5.41 Å². The van der Waals surface area contributed by atoms with Crippen molar-refractivity contribution in [2.75, 3.05) is 19.6 Å². The summed E-state index contributed by atoms with van der Waals surface area (Å²) in [6.07, 6.45) is 7.84. The summed E-state index contributed by atoms with van der Waals surface area (Å²) in [5, 5.41) is 12.1. The first-order chi connectivity index (χ1) is 9.51. The number of hydrogen-bond acceptors (Lipinski definition) is 2. The lowest BCUT2D eigenvalue weighted by molar-refractivity contribution is -0.150. The lowest BCUT2D eigenvalue weighted by Crippen LogP contribution is -2.48. The predicted molar refractivity (Wildman–Crippen MR) is 76.5 cm³/mol. The second kappa shape index (κ2) is 6.29. The Morgan fingerprint density at radius 2 is 2.10 bits per heavy atom. The van der Waals surface area contributed by atoms with Crippen LogP contribution in [0.5, 0.6) is 0 Å². The van der Waals surface area contributed by atoms with E-state index in [1.54, 1.807) is 11.8 Å². The zero-order chi connectivity index (χ0) is 14.6. The van der Waals surface area contributed by atoms with E-state index in [-0.39, 0.29) is 6.03 Å². The summed E-state index contributed by atoms with van der Waals surface area (Å²) >= 11 is 0. The molecule has 2 amide bonds. The number of rotatable bonds is 4. The van der Waals surface area contributed by atoms with Crippen molar-refractivity contribution in [3.8, 4) is 0 Å². The molecule has 2 N–H and O–H groups in total. The summed E-state index contributed by atoms with van der Waals surface area (Å²) in [6.45, 7) is 3.49. The molecular formula is C15H24N2O3. The first-order valence-electron chi connectivity index (χ1n) is 7.45. The van der Waals surface area contributed by atoms with Gasteiger partial charge < -0.3 is 15.3 Å². The van der Waals surface area contributed by atoms with E-state index >= 15 is 0 Å². The lowest BCUT2D eigenvalue weighted by Gasteiger charge is -2.36. The minimum Gasteiger partial charge on any atom is -0.481 e. The summed E-state index contributed by atoms with van der Waals surface area (Å²) in [5.74, 6) is -0.759. The third kappa shape index (κ3) is 3.52. The standard InChI is InChI=1S/C15H24N2O3/c1-15(13(18)19)7-10-17(11-8-15)14(20)16-9-6-12-4-2-3-5-12/h4H,2-3,5-11H2,1H3,(H,16,20)(H,18,19). The Bertz CT molecular complexity index is 409. The summed E-state index contributed by atoms with van der Waals surface area (Å²) in [6, 6.07) is -0.0592. The summed E-state index contributed by atoms with van der Waals surface area (Å²) in [7, 11) is 0. The number of aliphatic carboxylic acids is 1. The molecule has 1 aliphatic heterocycles. The fourth-order valence-electron chi connectivity index (χ4n) is 2.82. The van der Waals surface area contributed by atoms with Gasteiger partial charge in [0.2, 0.25) is 0 Å². The molecule has 20 heavy (non-hydrogen) atoms. The van der Waals surface area contributed by atoms with Crippen LogP contribution in [-0.4, -0.2) is 41.6 Å². The molecule has 1 heterocycles. The second-order valence-corrected chi connectivity index (χ2v) is 6.09. The fourth-order valence-corrected chi connectivity index (χ4v) is 2.82. The van der Waals surface area contributed by atoms with E-state index in [1.807, 2.05) is 0 Å².